The maximum Gasteiger partial charge on any atom is 0.244 e. The molecular formula is C26H19FI2N2O2. The molecule has 166 valence electrons. The number of carbonyl (C=O) groups is 1. The van der Waals surface area contributed by atoms with Crippen molar-refractivity contribution in [3.05, 3.63) is 109 Å². The van der Waals surface area contributed by atoms with Gasteiger partial charge in [-0.3, -0.25) is 4.79 Å². The standard InChI is InChI=1S/C26H19FI2N2O2/c27-21-10-8-17(9-11-21)14-25(32)31-30-15-18-12-23(28)26(24(29)13-18)33-16-20-6-3-5-19-4-1-2-7-22(19)20/h1-13,15H,14,16H2,(H,31,32)/b30-15+. The van der Waals surface area contributed by atoms with E-state index in [0.29, 0.717) is 6.61 Å². The summed E-state index contributed by atoms with van der Waals surface area (Å²) in [7, 11) is 0. The lowest BCUT2D eigenvalue weighted by molar-refractivity contribution is -0.120. The van der Waals surface area contributed by atoms with Gasteiger partial charge < -0.3 is 4.74 Å². The Morgan fingerprint density at radius 2 is 1.67 bits per heavy atom. The van der Waals surface area contributed by atoms with Crippen LogP contribution in [0.3, 0.4) is 0 Å². The zero-order valence-electron chi connectivity index (χ0n) is 17.4. The van der Waals surface area contributed by atoms with Gasteiger partial charge in [-0.05, 0) is 96.9 Å². The fourth-order valence-corrected chi connectivity index (χ4v) is 5.49. The van der Waals surface area contributed by atoms with E-state index in [1.807, 2.05) is 30.3 Å². The lowest BCUT2D eigenvalue weighted by Gasteiger charge is -2.13. The molecule has 7 heteroatoms. The van der Waals surface area contributed by atoms with Gasteiger partial charge in [0.05, 0.1) is 19.8 Å². The molecule has 0 bridgehead atoms. The van der Waals surface area contributed by atoms with Crippen molar-refractivity contribution < 1.29 is 13.9 Å². The summed E-state index contributed by atoms with van der Waals surface area (Å²) >= 11 is 4.49. The van der Waals surface area contributed by atoms with Crippen molar-refractivity contribution in [3.8, 4) is 5.75 Å². The largest absolute Gasteiger partial charge is 0.487 e. The minimum atomic E-state index is -0.328. The molecule has 0 saturated heterocycles. The van der Waals surface area contributed by atoms with E-state index >= 15 is 0 Å². The Bertz CT molecular complexity index is 1300. The molecule has 0 aromatic heterocycles. The third kappa shape index (κ3) is 6.29. The number of halogens is 3. The number of hydrazone groups is 1. The summed E-state index contributed by atoms with van der Waals surface area (Å²) in [4.78, 5) is 12.0. The van der Waals surface area contributed by atoms with E-state index in [9.17, 15) is 9.18 Å². The molecule has 0 aliphatic carbocycles. The van der Waals surface area contributed by atoms with Crippen LogP contribution in [0.15, 0.2) is 84.0 Å². The summed E-state index contributed by atoms with van der Waals surface area (Å²) < 4.78 is 21.1. The fourth-order valence-electron chi connectivity index (χ4n) is 3.37. The highest BCUT2D eigenvalue weighted by atomic mass is 127. The van der Waals surface area contributed by atoms with Crippen molar-refractivity contribution in [2.24, 2.45) is 5.10 Å². The first-order valence-corrected chi connectivity index (χ1v) is 12.3. The third-order valence-electron chi connectivity index (χ3n) is 4.95. The van der Waals surface area contributed by atoms with E-state index < -0.39 is 0 Å². The molecule has 4 nitrogen and oxygen atoms in total. The molecule has 0 radical (unpaired) electrons. The Labute approximate surface area is 218 Å². The van der Waals surface area contributed by atoms with Crippen LogP contribution in [0.2, 0.25) is 0 Å². The zero-order valence-corrected chi connectivity index (χ0v) is 21.7. The maximum absolute atomic E-state index is 13.0. The van der Waals surface area contributed by atoms with Gasteiger partial charge in [0.2, 0.25) is 5.91 Å². The van der Waals surface area contributed by atoms with Gasteiger partial charge in [-0.2, -0.15) is 5.10 Å². The van der Waals surface area contributed by atoms with E-state index in [-0.39, 0.29) is 18.1 Å². The molecule has 0 unspecified atom stereocenters. The van der Waals surface area contributed by atoms with Crippen LogP contribution in [0.1, 0.15) is 16.7 Å². The summed E-state index contributed by atoms with van der Waals surface area (Å²) in [6.07, 6.45) is 1.73. The molecule has 4 rings (SSSR count). The van der Waals surface area contributed by atoms with E-state index in [4.69, 9.17) is 4.74 Å². The van der Waals surface area contributed by atoms with Crippen LogP contribution in [-0.2, 0) is 17.8 Å². The molecule has 0 spiro atoms. The van der Waals surface area contributed by atoms with Crippen LogP contribution in [-0.4, -0.2) is 12.1 Å². The molecule has 1 N–H and O–H groups in total. The van der Waals surface area contributed by atoms with E-state index in [1.54, 1.807) is 18.3 Å². The van der Waals surface area contributed by atoms with Crippen LogP contribution in [0.5, 0.6) is 5.75 Å². The second-order valence-corrected chi connectivity index (χ2v) is 9.66. The minimum absolute atomic E-state index is 0.133. The number of carbonyl (C=O) groups excluding carboxylic acids is 1. The summed E-state index contributed by atoms with van der Waals surface area (Å²) in [6.45, 7) is 0.472. The monoisotopic (exact) mass is 664 g/mol. The summed E-state index contributed by atoms with van der Waals surface area (Å²) in [5.41, 5.74) is 5.22. The predicted octanol–water partition coefficient (Wildman–Crippen LogP) is 6.46. The molecule has 0 heterocycles. The van der Waals surface area contributed by atoms with Crippen LogP contribution in [0, 0.1) is 13.0 Å². The predicted molar refractivity (Wildman–Crippen MR) is 146 cm³/mol. The Kier molecular flexibility index (Phi) is 7.92. The fraction of sp³-hybridized carbons (Fsp3) is 0.0769. The highest BCUT2D eigenvalue weighted by Gasteiger charge is 2.10. The van der Waals surface area contributed by atoms with Crippen molar-refractivity contribution in [1.82, 2.24) is 5.43 Å². The van der Waals surface area contributed by atoms with Crippen molar-refractivity contribution in [3.63, 3.8) is 0 Å². The van der Waals surface area contributed by atoms with Crippen molar-refractivity contribution in [2.45, 2.75) is 13.0 Å². The number of hydrogen-bond donors (Lipinski definition) is 1. The molecule has 0 aliphatic rings. The second kappa shape index (κ2) is 11.1. The van der Waals surface area contributed by atoms with Crippen LogP contribution in [0.25, 0.3) is 10.8 Å². The topological polar surface area (TPSA) is 50.7 Å². The van der Waals surface area contributed by atoms with Gasteiger partial charge >= 0.3 is 0 Å². The van der Waals surface area contributed by atoms with Gasteiger partial charge in [-0.1, -0.05) is 54.6 Å². The Morgan fingerprint density at radius 3 is 2.42 bits per heavy atom. The number of benzene rings is 4. The van der Waals surface area contributed by atoms with Gasteiger partial charge in [-0.15, -0.1) is 0 Å². The number of ether oxygens (including phenoxy) is 1. The maximum atomic E-state index is 13.0. The normalized spacial score (nSPS) is 11.1. The molecule has 4 aromatic rings. The summed E-state index contributed by atoms with van der Waals surface area (Å²) in [5, 5.41) is 6.42. The van der Waals surface area contributed by atoms with Gasteiger partial charge in [0.15, 0.2) is 0 Å². The molecule has 0 saturated carbocycles. The van der Waals surface area contributed by atoms with Crippen LogP contribution in [0.4, 0.5) is 4.39 Å². The molecule has 0 fully saturated rings. The lowest BCUT2D eigenvalue weighted by Crippen LogP contribution is -2.19. The second-order valence-electron chi connectivity index (χ2n) is 7.34. The van der Waals surface area contributed by atoms with E-state index in [2.05, 4.69) is 80.0 Å². The van der Waals surface area contributed by atoms with Gasteiger partial charge in [0, 0.05) is 0 Å². The average molecular weight is 664 g/mol. The summed E-state index contributed by atoms with van der Waals surface area (Å²) in [6, 6.07) is 24.2. The zero-order chi connectivity index (χ0) is 23.2. The Balaban J connectivity index is 1.39. The first-order valence-electron chi connectivity index (χ1n) is 10.1. The smallest absolute Gasteiger partial charge is 0.244 e. The first kappa shape index (κ1) is 23.6. The average Bonchev–Trinajstić information content (AvgIpc) is 2.80. The van der Waals surface area contributed by atoms with E-state index in [1.165, 1.54) is 22.9 Å². The Morgan fingerprint density at radius 1 is 0.970 bits per heavy atom. The first-order chi connectivity index (χ1) is 16.0. The number of nitrogens with zero attached hydrogens (tertiary/aromatic N) is 1. The highest BCUT2D eigenvalue weighted by molar-refractivity contribution is 14.1. The molecular weight excluding hydrogens is 645 g/mol. The number of amides is 1. The Hall–Kier alpha value is -2.53. The van der Waals surface area contributed by atoms with Crippen molar-refractivity contribution >= 4 is 68.1 Å². The third-order valence-corrected chi connectivity index (χ3v) is 6.56. The lowest BCUT2D eigenvalue weighted by atomic mass is 10.1. The van der Waals surface area contributed by atoms with Gasteiger partial charge in [-0.25, -0.2) is 9.82 Å². The van der Waals surface area contributed by atoms with Crippen molar-refractivity contribution in [1.29, 1.82) is 0 Å². The van der Waals surface area contributed by atoms with Gasteiger partial charge in [0.1, 0.15) is 18.2 Å². The number of hydrogen-bond acceptors (Lipinski definition) is 3. The van der Waals surface area contributed by atoms with Crippen LogP contribution >= 0.6 is 45.2 Å². The molecule has 0 atom stereocenters. The molecule has 1 amide bonds. The quantitative estimate of drug-likeness (QED) is 0.140. The van der Waals surface area contributed by atoms with Crippen molar-refractivity contribution in [2.75, 3.05) is 0 Å². The highest BCUT2D eigenvalue weighted by Crippen LogP contribution is 2.30. The number of fused-ring (bicyclic) bond motifs is 1. The number of nitrogens with one attached hydrogen (secondary N) is 1. The van der Waals surface area contributed by atoms with Crippen LogP contribution < -0.4 is 10.2 Å². The molecule has 33 heavy (non-hydrogen) atoms. The molecule has 0 aliphatic heterocycles. The van der Waals surface area contributed by atoms with E-state index in [0.717, 1.165) is 29.6 Å². The minimum Gasteiger partial charge on any atom is -0.487 e. The van der Waals surface area contributed by atoms with Gasteiger partial charge in [0.25, 0.3) is 0 Å². The molecule has 4 aromatic carbocycles. The number of rotatable bonds is 7. The SMILES string of the molecule is O=C(Cc1ccc(F)cc1)N/N=C/c1cc(I)c(OCc2cccc3ccccc23)c(I)c1. The summed E-state index contributed by atoms with van der Waals surface area (Å²) in [5.74, 6) is 0.227.